The first-order valence-electron chi connectivity index (χ1n) is 6.60. The number of aliphatic hydroxyl groups is 1. The van der Waals surface area contributed by atoms with Gasteiger partial charge in [-0.3, -0.25) is 4.68 Å². The molecule has 104 valence electrons. The van der Waals surface area contributed by atoms with Crippen LogP contribution >= 0.6 is 0 Å². The van der Waals surface area contributed by atoms with Crippen LogP contribution in [0.15, 0.2) is 12.4 Å². The van der Waals surface area contributed by atoms with E-state index >= 15 is 0 Å². The zero-order valence-corrected chi connectivity index (χ0v) is 12.5. The lowest BCUT2D eigenvalue weighted by atomic mass is 9.92. The minimum atomic E-state index is -0.667. The molecule has 1 unspecified atom stereocenters. The van der Waals surface area contributed by atoms with Gasteiger partial charge >= 0.3 is 0 Å². The second-order valence-electron chi connectivity index (χ2n) is 6.58. The van der Waals surface area contributed by atoms with Crippen LogP contribution in [0, 0.1) is 5.92 Å². The number of rotatable bonds is 5. The van der Waals surface area contributed by atoms with Crippen LogP contribution in [0.4, 0.5) is 0 Å². The van der Waals surface area contributed by atoms with Crippen molar-refractivity contribution in [2.75, 3.05) is 6.54 Å². The Morgan fingerprint density at radius 3 is 2.39 bits per heavy atom. The molecule has 0 aliphatic heterocycles. The third-order valence-electron chi connectivity index (χ3n) is 3.38. The maximum Gasteiger partial charge on any atom is 0.0766 e. The number of hydrogen-bond acceptors (Lipinski definition) is 3. The van der Waals surface area contributed by atoms with Crippen molar-refractivity contribution in [3.05, 3.63) is 18.0 Å². The molecule has 0 bridgehead atoms. The van der Waals surface area contributed by atoms with Gasteiger partial charge in [-0.05, 0) is 33.6 Å². The van der Waals surface area contributed by atoms with Gasteiger partial charge in [0.05, 0.1) is 17.3 Å². The van der Waals surface area contributed by atoms with Crippen molar-refractivity contribution in [1.82, 2.24) is 15.1 Å². The molecule has 4 nitrogen and oxygen atoms in total. The number of nitrogens with zero attached hydrogens (tertiary/aromatic N) is 2. The van der Waals surface area contributed by atoms with Gasteiger partial charge < -0.3 is 10.4 Å². The van der Waals surface area contributed by atoms with Crippen LogP contribution in [0.3, 0.4) is 0 Å². The molecule has 0 saturated heterocycles. The van der Waals surface area contributed by atoms with Crippen molar-refractivity contribution >= 4 is 0 Å². The van der Waals surface area contributed by atoms with E-state index in [9.17, 15) is 5.11 Å². The summed E-state index contributed by atoms with van der Waals surface area (Å²) in [7, 11) is 0. The average Bonchev–Trinajstić information content (AvgIpc) is 2.65. The summed E-state index contributed by atoms with van der Waals surface area (Å²) in [5.74, 6) is 0.238. The molecule has 4 heteroatoms. The first-order valence-corrected chi connectivity index (χ1v) is 6.60. The fraction of sp³-hybridized carbons (Fsp3) is 0.786. The lowest BCUT2D eigenvalue weighted by molar-refractivity contribution is 0.0140. The smallest absolute Gasteiger partial charge is 0.0766 e. The molecule has 0 fully saturated rings. The van der Waals surface area contributed by atoms with Gasteiger partial charge in [0.1, 0.15) is 0 Å². The number of hydrogen-bond donors (Lipinski definition) is 2. The molecule has 0 aromatic carbocycles. The zero-order chi connectivity index (χ0) is 14.0. The number of aromatic nitrogens is 2. The molecule has 0 saturated carbocycles. The highest BCUT2D eigenvalue weighted by Crippen LogP contribution is 2.15. The average molecular weight is 253 g/mol. The Bertz CT molecular complexity index is 375. The van der Waals surface area contributed by atoms with E-state index in [2.05, 4.69) is 37.4 Å². The molecular formula is C14H27N3O. The first-order chi connectivity index (χ1) is 8.13. The van der Waals surface area contributed by atoms with E-state index in [1.54, 1.807) is 0 Å². The molecule has 1 rings (SSSR count). The largest absolute Gasteiger partial charge is 0.389 e. The van der Waals surface area contributed by atoms with Crippen LogP contribution in [0.25, 0.3) is 0 Å². The Hall–Kier alpha value is -0.870. The molecule has 0 aliphatic carbocycles. The molecule has 0 aliphatic rings. The highest BCUT2D eigenvalue weighted by Gasteiger charge is 2.24. The Morgan fingerprint density at radius 1 is 1.33 bits per heavy atom. The number of nitrogens with one attached hydrogen (secondary N) is 1. The fourth-order valence-corrected chi connectivity index (χ4v) is 1.48. The second-order valence-corrected chi connectivity index (χ2v) is 6.58. The van der Waals surface area contributed by atoms with Crippen LogP contribution in [0.2, 0.25) is 0 Å². The normalized spacial score (nSPS) is 16.0. The quantitative estimate of drug-likeness (QED) is 0.845. The van der Waals surface area contributed by atoms with E-state index in [0.29, 0.717) is 6.54 Å². The van der Waals surface area contributed by atoms with Crippen LogP contribution in [0.5, 0.6) is 0 Å². The third kappa shape index (κ3) is 4.10. The topological polar surface area (TPSA) is 50.1 Å². The van der Waals surface area contributed by atoms with Crippen molar-refractivity contribution < 1.29 is 5.11 Å². The Morgan fingerprint density at radius 2 is 1.94 bits per heavy atom. The van der Waals surface area contributed by atoms with Crippen molar-refractivity contribution in [3.8, 4) is 0 Å². The third-order valence-corrected chi connectivity index (χ3v) is 3.38. The predicted octanol–water partition coefficient (Wildman–Crippen LogP) is 2.13. The van der Waals surface area contributed by atoms with Crippen molar-refractivity contribution in [2.45, 2.75) is 59.2 Å². The molecule has 0 amide bonds. The van der Waals surface area contributed by atoms with Gasteiger partial charge in [-0.1, -0.05) is 13.8 Å². The zero-order valence-electron chi connectivity index (χ0n) is 12.5. The summed E-state index contributed by atoms with van der Waals surface area (Å²) < 4.78 is 1.96. The molecule has 1 heterocycles. The van der Waals surface area contributed by atoms with Gasteiger partial charge in [-0.25, -0.2) is 0 Å². The molecule has 18 heavy (non-hydrogen) atoms. The van der Waals surface area contributed by atoms with Crippen LogP contribution in [-0.2, 0) is 12.1 Å². The van der Waals surface area contributed by atoms with Gasteiger partial charge in [0.15, 0.2) is 0 Å². The summed E-state index contributed by atoms with van der Waals surface area (Å²) in [6.07, 6.45) is 3.93. The summed E-state index contributed by atoms with van der Waals surface area (Å²) in [6.45, 7) is 13.6. The predicted molar refractivity (Wildman–Crippen MR) is 74.4 cm³/mol. The summed E-state index contributed by atoms with van der Waals surface area (Å²) >= 11 is 0. The van der Waals surface area contributed by atoms with Gasteiger partial charge in [0.25, 0.3) is 0 Å². The van der Waals surface area contributed by atoms with Gasteiger partial charge in [-0.15, -0.1) is 0 Å². The molecule has 1 aromatic rings. The van der Waals surface area contributed by atoms with Crippen molar-refractivity contribution in [1.29, 1.82) is 0 Å². The SMILES string of the molecule is CC(C)C(C)(O)CNCc1cnn(C(C)(C)C)c1. The fourth-order valence-electron chi connectivity index (χ4n) is 1.48. The monoisotopic (exact) mass is 253 g/mol. The van der Waals surface area contributed by atoms with Crippen molar-refractivity contribution in [3.63, 3.8) is 0 Å². The van der Waals surface area contributed by atoms with Gasteiger partial charge in [0.2, 0.25) is 0 Å². The van der Waals surface area contributed by atoms with E-state index in [-0.39, 0.29) is 11.5 Å². The first kappa shape index (κ1) is 15.2. The second kappa shape index (κ2) is 5.41. The van der Waals surface area contributed by atoms with Gasteiger partial charge in [0, 0.05) is 24.8 Å². The lowest BCUT2D eigenvalue weighted by Crippen LogP contribution is -2.41. The molecule has 2 N–H and O–H groups in total. The Balaban J connectivity index is 2.48. The Kier molecular flexibility index (Phi) is 4.56. The summed E-state index contributed by atoms with van der Waals surface area (Å²) in [5.41, 5.74) is 0.492. The highest BCUT2D eigenvalue weighted by atomic mass is 16.3. The highest BCUT2D eigenvalue weighted by molar-refractivity contribution is 5.05. The van der Waals surface area contributed by atoms with E-state index < -0.39 is 5.60 Å². The molecule has 1 atom stereocenters. The summed E-state index contributed by atoms with van der Waals surface area (Å²) in [4.78, 5) is 0. The lowest BCUT2D eigenvalue weighted by Gasteiger charge is -2.27. The Labute approximate surface area is 110 Å². The van der Waals surface area contributed by atoms with Crippen LogP contribution in [0.1, 0.15) is 47.1 Å². The molecule has 0 spiro atoms. The maximum absolute atomic E-state index is 10.1. The van der Waals surface area contributed by atoms with Crippen LogP contribution in [-0.4, -0.2) is 27.0 Å². The minimum absolute atomic E-state index is 0.0156. The van der Waals surface area contributed by atoms with Crippen molar-refractivity contribution in [2.24, 2.45) is 5.92 Å². The van der Waals surface area contributed by atoms with E-state index in [0.717, 1.165) is 12.1 Å². The minimum Gasteiger partial charge on any atom is -0.389 e. The van der Waals surface area contributed by atoms with E-state index in [1.165, 1.54) is 0 Å². The molecule has 0 radical (unpaired) electrons. The molecule has 1 aromatic heterocycles. The van der Waals surface area contributed by atoms with Gasteiger partial charge in [-0.2, -0.15) is 5.10 Å². The summed E-state index contributed by atoms with van der Waals surface area (Å²) in [5, 5.41) is 17.8. The standard InChI is InChI=1S/C14H27N3O/c1-11(2)14(6,18)10-15-7-12-8-16-17(9-12)13(3,4)5/h8-9,11,15,18H,7,10H2,1-6H3. The summed E-state index contributed by atoms with van der Waals surface area (Å²) in [6, 6.07) is 0. The maximum atomic E-state index is 10.1. The van der Waals surface area contributed by atoms with E-state index in [4.69, 9.17) is 0 Å². The van der Waals surface area contributed by atoms with Crippen LogP contribution < -0.4 is 5.32 Å². The molecular weight excluding hydrogens is 226 g/mol. The van der Waals surface area contributed by atoms with E-state index in [1.807, 2.05) is 31.6 Å².